The van der Waals surface area contributed by atoms with E-state index in [-0.39, 0.29) is 0 Å². The van der Waals surface area contributed by atoms with Gasteiger partial charge in [-0.05, 0) is 17.9 Å². The maximum atomic E-state index is 5.90. The third-order valence-corrected chi connectivity index (χ3v) is 3.05. The van der Waals surface area contributed by atoms with Crippen LogP contribution in [-0.2, 0) is 0 Å². The number of hydrogen-bond acceptors (Lipinski definition) is 3. The fourth-order valence-corrected chi connectivity index (χ4v) is 2.17. The van der Waals surface area contributed by atoms with Crippen LogP contribution in [0.25, 0.3) is 0 Å². The van der Waals surface area contributed by atoms with E-state index in [2.05, 4.69) is 23.7 Å². The van der Waals surface area contributed by atoms with Gasteiger partial charge in [0.25, 0.3) is 0 Å². The van der Waals surface area contributed by atoms with Crippen LogP contribution in [0.4, 0.5) is 11.5 Å². The zero-order valence-corrected chi connectivity index (χ0v) is 9.88. The predicted octanol–water partition coefficient (Wildman–Crippen LogP) is 2.55. The van der Waals surface area contributed by atoms with Crippen molar-refractivity contribution in [2.75, 3.05) is 23.7 Å². The van der Waals surface area contributed by atoms with E-state index < -0.39 is 0 Å². The van der Waals surface area contributed by atoms with E-state index in [9.17, 15) is 0 Å². The third-order valence-electron chi connectivity index (χ3n) is 2.84. The van der Waals surface area contributed by atoms with Gasteiger partial charge in [-0.2, -0.15) is 0 Å². The largest absolute Gasteiger partial charge is 0.396 e. The highest BCUT2D eigenvalue weighted by Gasteiger charge is 2.30. The predicted molar refractivity (Wildman–Crippen MR) is 64.3 cm³/mol. The second-order valence-corrected chi connectivity index (χ2v) is 5.34. The Labute approximate surface area is 95.2 Å². The molecule has 2 N–H and O–H groups in total. The molecule has 1 aromatic rings. The highest BCUT2D eigenvalue weighted by atomic mass is 35.5. The lowest BCUT2D eigenvalue weighted by molar-refractivity contribution is 0.418. The van der Waals surface area contributed by atoms with Crippen LogP contribution < -0.4 is 10.6 Å². The summed E-state index contributed by atoms with van der Waals surface area (Å²) < 4.78 is 0. The van der Waals surface area contributed by atoms with Crippen molar-refractivity contribution in [2.24, 2.45) is 5.41 Å². The van der Waals surface area contributed by atoms with Gasteiger partial charge in [-0.25, -0.2) is 4.98 Å². The highest BCUT2D eigenvalue weighted by molar-refractivity contribution is 6.30. The Hall–Kier alpha value is -0.960. The van der Waals surface area contributed by atoms with Gasteiger partial charge < -0.3 is 10.6 Å². The molecule has 0 saturated carbocycles. The summed E-state index contributed by atoms with van der Waals surface area (Å²) in [4.78, 5) is 6.52. The van der Waals surface area contributed by atoms with Gasteiger partial charge in [-0.3, -0.25) is 0 Å². The van der Waals surface area contributed by atoms with Gasteiger partial charge in [0.2, 0.25) is 0 Å². The lowest BCUT2D eigenvalue weighted by Gasteiger charge is -2.21. The molecule has 0 aromatic carbocycles. The molecule has 1 saturated heterocycles. The maximum absolute atomic E-state index is 5.90. The first-order valence-corrected chi connectivity index (χ1v) is 5.52. The minimum absolute atomic E-state index is 0.355. The fraction of sp³-hybridized carbons (Fsp3) is 0.545. The highest BCUT2D eigenvalue weighted by Crippen LogP contribution is 2.34. The number of aromatic nitrogens is 1. The van der Waals surface area contributed by atoms with E-state index in [4.69, 9.17) is 17.3 Å². The Kier molecular flexibility index (Phi) is 2.51. The number of hydrogen-bond donors (Lipinski definition) is 1. The number of nitrogens with two attached hydrogens (primary N) is 1. The Morgan fingerprint density at radius 3 is 2.80 bits per heavy atom. The van der Waals surface area contributed by atoms with Crippen LogP contribution in [0.1, 0.15) is 20.3 Å². The standard InChI is InChI=1S/C11H16ClN3/c1-11(2)3-4-15(7-11)10-9(13)5-8(12)6-14-10/h5-6H,3-4,7,13H2,1-2H3. The number of rotatable bonds is 1. The molecule has 1 fully saturated rings. The number of anilines is 2. The van der Waals surface area contributed by atoms with Crippen LogP contribution >= 0.6 is 11.6 Å². The van der Waals surface area contributed by atoms with E-state index in [1.54, 1.807) is 12.3 Å². The van der Waals surface area contributed by atoms with Gasteiger partial charge in [0.05, 0.1) is 10.7 Å². The zero-order chi connectivity index (χ0) is 11.1. The van der Waals surface area contributed by atoms with Crippen LogP contribution in [0.5, 0.6) is 0 Å². The molecule has 0 spiro atoms. The first-order valence-electron chi connectivity index (χ1n) is 5.14. The van der Waals surface area contributed by atoms with Crippen LogP contribution in [0.15, 0.2) is 12.3 Å². The second kappa shape index (κ2) is 3.56. The molecule has 1 aliphatic rings. The van der Waals surface area contributed by atoms with Gasteiger partial charge in [-0.1, -0.05) is 25.4 Å². The van der Waals surface area contributed by atoms with Crippen molar-refractivity contribution in [2.45, 2.75) is 20.3 Å². The molecule has 3 nitrogen and oxygen atoms in total. The normalized spacial score (nSPS) is 19.5. The zero-order valence-electron chi connectivity index (χ0n) is 9.13. The topological polar surface area (TPSA) is 42.2 Å². The van der Waals surface area contributed by atoms with Gasteiger partial charge in [0.15, 0.2) is 5.82 Å². The number of pyridine rings is 1. The summed E-state index contributed by atoms with van der Waals surface area (Å²) >= 11 is 5.82. The lowest BCUT2D eigenvalue weighted by Crippen LogP contribution is -2.24. The number of halogens is 1. The van der Waals surface area contributed by atoms with Crippen LogP contribution in [-0.4, -0.2) is 18.1 Å². The summed E-state index contributed by atoms with van der Waals surface area (Å²) in [5.41, 5.74) is 6.92. The van der Waals surface area contributed by atoms with Crippen molar-refractivity contribution in [3.63, 3.8) is 0 Å². The molecule has 15 heavy (non-hydrogen) atoms. The van der Waals surface area contributed by atoms with Crippen molar-refractivity contribution >= 4 is 23.1 Å². The van der Waals surface area contributed by atoms with Crippen molar-refractivity contribution in [3.05, 3.63) is 17.3 Å². The minimum Gasteiger partial charge on any atom is -0.396 e. The smallest absolute Gasteiger partial charge is 0.151 e. The van der Waals surface area contributed by atoms with E-state index in [0.29, 0.717) is 16.1 Å². The molecule has 0 bridgehead atoms. The van der Waals surface area contributed by atoms with E-state index in [1.807, 2.05) is 0 Å². The molecule has 0 amide bonds. The van der Waals surface area contributed by atoms with Gasteiger partial charge >= 0.3 is 0 Å². The quantitative estimate of drug-likeness (QED) is 0.799. The molecule has 0 atom stereocenters. The molecule has 4 heteroatoms. The third kappa shape index (κ3) is 2.17. The average Bonchev–Trinajstić information content (AvgIpc) is 2.46. The van der Waals surface area contributed by atoms with Crippen molar-refractivity contribution in [1.82, 2.24) is 4.98 Å². The Balaban J connectivity index is 2.24. The van der Waals surface area contributed by atoms with Gasteiger partial charge in [0, 0.05) is 19.3 Å². The first kappa shape index (κ1) is 10.6. The minimum atomic E-state index is 0.355. The summed E-state index contributed by atoms with van der Waals surface area (Å²) in [5, 5.41) is 0.592. The van der Waals surface area contributed by atoms with Gasteiger partial charge in [-0.15, -0.1) is 0 Å². The van der Waals surface area contributed by atoms with E-state index in [1.165, 1.54) is 6.42 Å². The molecule has 2 rings (SSSR count). The van der Waals surface area contributed by atoms with E-state index in [0.717, 1.165) is 18.9 Å². The Morgan fingerprint density at radius 1 is 1.53 bits per heavy atom. The molecular formula is C11H16ClN3. The molecule has 0 radical (unpaired) electrons. The number of nitrogen functional groups attached to an aromatic ring is 1. The molecule has 1 aliphatic heterocycles. The monoisotopic (exact) mass is 225 g/mol. The maximum Gasteiger partial charge on any atom is 0.151 e. The molecule has 1 aromatic heterocycles. The first-order chi connectivity index (χ1) is 6.98. The van der Waals surface area contributed by atoms with Crippen LogP contribution in [0.3, 0.4) is 0 Å². The molecule has 0 aliphatic carbocycles. The van der Waals surface area contributed by atoms with Gasteiger partial charge in [0.1, 0.15) is 0 Å². The van der Waals surface area contributed by atoms with Crippen LogP contribution in [0, 0.1) is 5.41 Å². The Bertz CT molecular complexity index is 376. The summed E-state index contributed by atoms with van der Waals surface area (Å²) in [7, 11) is 0. The SMILES string of the molecule is CC1(C)CCN(c2ncc(Cl)cc2N)C1. The molecule has 2 heterocycles. The van der Waals surface area contributed by atoms with Crippen molar-refractivity contribution < 1.29 is 0 Å². The lowest BCUT2D eigenvalue weighted by atomic mass is 9.93. The second-order valence-electron chi connectivity index (χ2n) is 4.90. The summed E-state index contributed by atoms with van der Waals surface area (Å²) in [6, 6.07) is 1.76. The van der Waals surface area contributed by atoms with Crippen molar-refractivity contribution in [1.29, 1.82) is 0 Å². The Morgan fingerprint density at radius 2 is 2.27 bits per heavy atom. The fourth-order valence-electron chi connectivity index (χ4n) is 2.01. The van der Waals surface area contributed by atoms with Crippen LogP contribution in [0.2, 0.25) is 5.02 Å². The summed E-state index contributed by atoms with van der Waals surface area (Å²) in [6.45, 7) is 6.55. The summed E-state index contributed by atoms with van der Waals surface area (Å²) in [5.74, 6) is 0.866. The molecular weight excluding hydrogens is 210 g/mol. The van der Waals surface area contributed by atoms with E-state index >= 15 is 0 Å². The molecule has 0 unspecified atom stereocenters. The number of nitrogens with zero attached hydrogens (tertiary/aromatic N) is 2. The van der Waals surface area contributed by atoms with Crippen molar-refractivity contribution in [3.8, 4) is 0 Å². The average molecular weight is 226 g/mol. The summed E-state index contributed by atoms with van der Waals surface area (Å²) in [6.07, 6.45) is 2.83. The molecule has 82 valence electrons.